The van der Waals surface area contributed by atoms with Crippen LogP contribution in [0.25, 0.3) is 10.9 Å². The molecule has 8 heteroatoms. The van der Waals surface area contributed by atoms with E-state index in [4.69, 9.17) is 11.6 Å². The number of urea groups is 1. The van der Waals surface area contributed by atoms with Crippen LogP contribution in [0.5, 0.6) is 0 Å². The second-order valence-electron chi connectivity index (χ2n) is 7.76. The number of hydrogen-bond donors (Lipinski definition) is 2. The Balaban J connectivity index is 1.39. The molecule has 31 heavy (non-hydrogen) atoms. The summed E-state index contributed by atoms with van der Waals surface area (Å²) in [7, 11) is 0. The van der Waals surface area contributed by atoms with Crippen LogP contribution in [-0.2, 0) is 11.2 Å². The maximum absolute atomic E-state index is 13.7. The van der Waals surface area contributed by atoms with Gasteiger partial charge in [0.1, 0.15) is 5.82 Å². The number of aromatic amines is 1. The van der Waals surface area contributed by atoms with E-state index in [-0.39, 0.29) is 24.2 Å². The Labute approximate surface area is 185 Å². The van der Waals surface area contributed by atoms with E-state index in [0.29, 0.717) is 43.3 Å². The Hall–Kier alpha value is -3.06. The highest BCUT2D eigenvalue weighted by atomic mass is 35.5. The first kappa shape index (κ1) is 21.2. The van der Waals surface area contributed by atoms with Gasteiger partial charge in [-0.05, 0) is 55.3 Å². The number of nitrogens with zero attached hydrogens (tertiary/aromatic N) is 2. The van der Waals surface area contributed by atoms with Crippen molar-refractivity contribution in [3.63, 3.8) is 0 Å². The predicted octanol–water partition coefficient (Wildman–Crippen LogP) is 4.58. The molecule has 0 unspecified atom stereocenters. The number of anilines is 1. The van der Waals surface area contributed by atoms with Gasteiger partial charge in [-0.15, -0.1) is 0 Å². The lowest BCUT2D eigenvalue weighted by Gasteiger charge is -2.22. The van der Waals surface area contributed by atoms with Gasteiger partial charge in [-0.1, -0.05) is 17.7 Å². The number of fused-ring (bicyclic) bond motifs is 1. The largest absolute Gasteiger partial charge is 0.358 e. The van der Waals surface area contributed by atoms with Crippen molar-refractivity contribution in [3.05, 3.63) is 64.6 Å². The van der Waals surface area contributed by atoms with Gasteiger partial charge in [-0.3, -0.25) is 4.79 Å². The third-order valence-corrected chi connectivity index (χ3v) is 5.86. The first-order valence-electron chi connectivity index (χ1n) is 10.3. The number of rotatable bonds is 3. The number of amides is 3. The Morgan fingerprint density at radius 1 is 1.10 bits per heavy atom. The molecular weight excluding hydrogens is 419 g/mol. The Bertz CT molecular complexity index is 1130. The van der Waals surface area contributed by atoms with Gasteiger partial charge >= 0.3 is 6.03 Å². The van der Waals surface area contributed by atoms with Gasteiger partial charge in [-0.2, -0.15) is 0 Å². The van der Waals surface area contributed by atoms with Crippen molar-refractivity contribution in [2.45, 2.75) is 19.8 Å². The van der Waals surface area contributed by atoms with Crippen LogP contribution in [0, 0.1) is 12.7 Å². The number of carbonyl (C=O) groups is 2. The average Bonchev–Trinajstić information content (AvgIpc) is 2.91. The minimum atomic E-state index is -0.323. The van der Waals surface area contributed by atoms with Crippen LogP contribution in [0.15, 0.2) is 42.5 Å². The molecule has 3 amide bonds. The highest BCUT2D eigenvalue weighted by molar-refractivity contribution is 6.30. The van der Waals surface area contributed by atoms with Gasteiger partial charge in [0.15, 0.2) is 0 Å². The Morgan fingerprint density at radius 3 is 2.68 bits per heavy atom. The lowest BCUT2D eigenvalue weighted by atomic mass is 10.1. The summed E-state index contributed by atoms with van der Waals surface area (Å²) >= 11 is 5.98. The van der Waals surface area contributed by atoms with E-state index in [1.54, 1.807) is 40.1 Å². The Kier molecular flexibility index (Phi) is 6.13. The number of halogens is 2. The Morgan fingerprint density at radius 2 is 1.87 bits per heavy atom. The molecule has 3 aromatic rings. The van der Waals surface area contributed by atoms with E-state index in [0.717, 1.165) is 22.2 Å². The third-order valence-electron chi connectivity index (χ3n) is 5.62. The molecule has 2 heterocycles. The number of benzene rings is 2. The maximum Gasteiger partial charge on any atom is 0.321 e. The summed E-state index contributed by atoms with van der Waals surface area (Å²) in [5.41, 5.74) is 3.14. The van der Waals surface area contributed by atoms with Crippen molar-refractivity contribution in [2.75, 3.05) is 31.5 Å². The molecule has 1 aromatic heterocycles. The molecule has 0 spiro atoms. The molecule has 0 atom stereocenters. The van der Waals surface area contributed by atoms with Gasteiger partial charge in [0.05, 0.1) is 6.42 Å². The number of hydrogen-bond acceptors (Lipinski definition) is 2. The van der Waals surface area contributed by atoms with Crippen molar-refractivity contribution in [3.8, 4) is 0 Å². The van der Waals surface area contributed by atoms with Crippen molar-refractivity contribution < 1.29 is 14.0 Å². The molecule has 4 rings (SSSR count). The minimum Gasteiger partial charge on any atom is -0.358 e. The molecule has 1 saturated heterocycles. The van der Waals surface area contributed by atoms with Gasteiger partial charge in [0.2, 0.25) is 5.91 Å². The van der Waals surface area contributed by atoms with Gasteiger partial charge in [0, 0.05) is 53.5 Å². The fourth-order valence-electron chi connectivity index (χ4n) is 3.98. The van der Waals surface area contributed by atoms with Crippen LogP contribution in [-0.4, -0.2) is 52.9 Å². The molecule has 2 N–H and O–H groups in total. The first-order chi connectivity index (χ1) is 14.9. The molecule has 1 aliphatic rings. The molecule has 1 aliphatic heterocycles. The summed E-state index contributed by atoms with van der Waals surface area (Å²) in [5.74, 6) is -0.346. The normalized spacial score (nSPS) is 14.5. The van der Waals surface area contributed by atoms with E-state index in [1.165, 1.54) is 12.1 Å². The summed E-state index contributed by atoms with van der Waals surface area (Å²) in [6.07, 6.45) is 0.889. The predicted molar refractivity (Wildman–Crippen MR) is 120 cm³/mol. The molecule has 6 nitrogen and oxygen atoms in total. The van der Waals surface area contributed by atoms with Crippen LogP contribution < -0.4 is 5.32 Å². The second-order valence-corrected chi connectivity index (χ2v) is 8.19. The highest BCUT2D eigenvalue weighted by Crippen LogP contribution is 2.24. The van der Waals surface area contributed by atoms with E-state index >= 15 is 0 Å². The number of nitrogens with one attached hydrogen (secondary N) is 2. The van der Waals surface area contributed by atoms with Gasteiger partial charge < -0.3 is 20.1 Å². The monoisotopic (exact) mass is 442 g/mol. The molecule has 1 fully saturated rings. The second kappa shape index (κ2) is 8.98. The fraction of sp³-hybridized carbons (Fsp3) is 0.304. The van der Waals surface area contributed by atoms with Crippen molar-refractivity contribution in [2.24, 2.45) is 0 Å². The summed E-state index contributed by atoms with van der Waals surface area (Å²) in [6.45, 7) is 3.94. The van der Waals surface area contributed by atoms with Gasteiger partial charge in [-0.25, -0.2) is 9.18 Å². The van der Waals surface area contributed by atoms with Crippen LogP contribution in [0.2, 0.25) is 5.02 Å². The molecule has 0 radical (unpaired) electrons. The zero-order valence-electron chi connectivity index (χ0n) is 17.3. The smallest absolute Gasteiger partial charge is 0.321 e. The van der Waals surface area contributed by atoms with Crippen LogP contribution in [0.1, 0.15) is 17.7 Å². The molecular formula is C23H24ClFN4O2. The summed E-state index contributed by atoms with van der Waals surface area (Å²) in [6, 6.07) is 11.3. The fourth-order valence-corrected chi connectivity index (χ4v) is 4.17. The lowest BCUT2D eigenvalue weighted by Crippen LogP contribution is -2.39. The third kappa shape index (κ3) is 4.82. The summed E-state index contributed by atoms with van der Waals surface area (Å²) in [5, 5.41) is 4.15. The van der Waals surface area contributed by atoms with Crippen molar-refractivity contribution in [1.29, 1.82) is 0 Å². The molecule has 162 valence electrons. The highest BCUT2D eigenvalue weighted by Gasteiger charge is 2.23. The maximum atomic E-state index is 13.7. The number of aryl methyl sites for hydroxylation is 1. The quantitative estimate of drug-likeness (QED) is 0.623. The van der Waals surface area contributed by atoms with E-state index < -0.39 is 0 Å². The van der Waals surface area contributed by atoms with Crippen LogP contribution >= 0.6 is 11.6 Å². The standard InChI is InChI=1S/C23H24ClFN4O2/c1-15-19(20-13-17(25)6-7-21(20)26-15)14-22(30)28-8-3-9-29(11-10-28)23(31)27-18-5-2-4-16(24)12-18/h2,4-7,12-13,26H,3,8-11,14H2,1H3,(H,27,31). The van der Waals surface area contributed by atoms with E-state index in [1.807, 2.05) is 6.92 Å². The first-order valence-corrected chi connectivity index (χ1v) is 10.6. The number of H-pyrrole nitrogens is 1. The summed E-state index contributed by atoms with van der Waals surface area (Å²) in [4.78, 5) is 32.3. The van der Waals surface area contributed by atoms with Gasteiger partial charge in [0.25, 0.3) is 0 Å². The topological polar surface area (TPSA) is 68.4 Å². The van der Waals surface area contributed by atoms with Crippen molar-refractivity contribution in [1.82, 2.24) is 14.8 Å². The zero-order chi connectivity index (χ0) is 22.0. The average molecular weight is 443 g/mol. The van der Waals surface area contributed by atoms with Crippen molar-refractivity contribution >= 4 is 40.1 Å². The van der Waals surface area contributed by atoms with E-state index in [9.17, 15) is 14.0 Å². The molecule has 0 bridgehead atoms. The number of aromatic nitrogens is 1. The van der Waals surface area contributed by atoms with Crippen LogP contribution in [0.4, 0.5) is 14.9 Å². The SMILES string of the molecule is Cc1[nH]c2ccc(F)cc2c1CC(=O)N1CCCN(C(=O)Nc2cccc(Cl)c2)CC1. The van der Waals surface area contributed by atoms with Crippen LogP contribution in [0.3, 0.4) is 0 Å². The van der Waals surface area contributed by atoms with E-state index in [2.05, 4.69) is 10.3 Å². The zero-order valence-corrected chi connectivity index (χ0v) is 18.0. The molecule has 0 aliphatic carbocycles. The minimum absolute atomic E-state index is 0.0228. The number of carbonyl (C=O) groups excluding carboxylic acids is 2. The molecule has 0 saturated carbocycles. The lowest BCUT2D eigenvalue weighted by molar-refractivity contribution is -0.130. The molecule has 2 aromatic carbocycles. The summed E-state index contributed by atoms with van der Waals surface area (Å²) < 4.78 is 13.7.